The van der Waals surface area contributed by atoms with Gasteiger partial charge in [-0.05, 0) is 17.2 Å². The molecule has 0 unspecified atom stereocenters. The minimum atomic E-state index is -4.50. The summed E-state index contributed by atoms with van der Waals surface area (Å²) in [6.07, 6.45) is -2.30. The largest absolute Gasteiger partial charge is 0.472 e. The number of aromatic nitrogens is 4. The van der Waals surface area contributed by atoms with Crippen LogP contribution in [0.15, 0.2) is 36.7 Å². The highest BCUT2D eigenvalue weighted by molar-refractivity contribution is 6.28. The van der Waals surface area contributed by atoms with Crippen molar-refractivity contribution in [3.05, 3.63) is 58.8 Å². The van der Waals surface area contributed by atoms with Crippen LogP contribution in [0.4, 0.5) is 13.2 Å². The highest BCUT2D eigenvalue weighted by atomic mass is 35.5. The van der Waals surface area contributed by atoms with Crippen molar-refractivity contribution >= 4 is 11.6 Å². The summed E-state index contributed by atoms with van der Waals surface area (Å²) in [4.78, 5) is 11.2. The normalized spacial score (nSPS) is 11.3. The van der Waals surface area contributed by atoms with E-state index < -0.39 is 11.9 Å². The standard InChI is InChI=1S/C17H11ClF3N5O/c1-26-8-13(17(19,20)21)24-14(26)11-4-2-10(3-5-11)9-27-15-12(6-22)7-23-16(18)25-15/h2-5,7-8H,9H2,1H3. The summed E-state index contributed by atoms with van der Waals surface area (Å²) in [7, 11) is 1.50. The van der Waals surface area contributed by atoms with E-state index in [0.717, 1.165) is 11.8 Å². The lowest BCUT2D eigenvalue weighted by molar-refractivity contribution is -0.140. The second-order valence-corrected chi connectivity index (χ2v) is 5.85. The van der Waals surface area contributed by atoms with Gasteiger partial charge < -0.3 is 9.30 Å². The highest BCUT2D eigenvalue weighted by Crippen LogP contribution is 2.30. The van der Waals surface area contributed by atoms with Crippen LogP contribution in [0.3, 0.4) is 0 Å². The van der Waals surface area contributed by atoms with E-state index in [1.165, 1.54) is 17.8 Å². The summed E-state index contributed by atoms with van der Waals surface area (Å²) in [6.45, 7) is 0.0939. The molecule has 2 heterocycles. The van der Waals surface area contributed by atoms with Crippen molar-refractivity contribution in [3.8, 4) is 23.3 Å². The lowest BCUT2D eigenvalue weighted by Gasteiger charge is -2.08. The smallest absolute Gasteiger partial charge is 0.434 e. The number of aryl methyl sites for hydroxylation is 1. The molecule has 0 fully saturated rings. The van der Waals surface area contributed by atoms with Crippen LogP contribution >= 0.6 is 11.6 Å². The zero-order valence-electron chi connectivity index (χ0n) is 13.8. The van der Waals surface area contributed by atoms with E-state index in [-0.39, 0.29) is 29.2 Å². The summed E-state index contributed by atoms with van der Waals surface area (Å²) in [5, 5.41) is 8.97. The van der Waals surface area contributed by atoms with Gasteiger partial charge in [0.2, 0.25) is 11.2 Å². The molecular formula is C17H11ClF3N5O. The maximum Gasteiger partial charge on any atom is 0.434 e. The number of ether oxygens (including phenoxy) is 1. The average Bonchev–Trinajstić information content (AvgIpc) is 3.03. The second kappa shape index (κ2) is 7.25. The quantitative estimate of drug-likeness (QED) is 0.626. The highest BCUT2D eigenvalue weighted by Gasteiger charge is 2.34. The number of benzene rings is 1. The molecule has 0 amide bonds. The molecule has 0 bridgehead atoms. The molecule has 27 heavy (non-hydrogen) atoms. The zero-order valence-corrected chi connectivity index (χ0v) is 14.6. The van der Waals surface area contributed by atoms with Crippen LogP contribution in [0.2, 0.25) is 5.28 Å². The molecule has 3 rings (SSSR count). The lowest BCUT2D eigenvalue weighted by atomic mass is 10.1. The number of hydrogen-bond acceptors (Lipinski definition) is 5. The summed E-state index contributed by atoms with van der Waals surface area (Å²) < 4.78 is 45.1. The van der Waals surface area contributed by atoms with Crippen molar-refractivity contribution in [1.82, 2.24) is 19.5 Å². The van der Waals surface area contributed by atoms with Crippen LogP contribution in [0.25, 0.3) is 11.4 Å². The van der Waals surface area contributed by atoms with Gasteiger partial charge in [-0.3, -0.25) is 0 Å². The van der Waals surface area contributed by atoms with Crippen LogP contribution in [-0.2, 0) is 19.8 Å². The van der Waals surface area contributed by atoms with Crippen molar-refractivity contribution in [3.63, 3.8) is 0 Å². The van der Waals surface area contributed by atoms with Gasteiger partial charge in [-0.2, -0.15) is 23.4 Å². The lowest BCUT2D eigenvalue weighted by Crippen LogP contribution is -2.04. The Morgan fingerprint density at radius 3 is 2.52 bits per heavy atom. The summed E-state index contributed by atoms with van der Waals surface area (Å²) >= 11 is 5.69. The molecule has 10 heteroatoms. The maximum absolute atomic E-state index is 12.8. The van der Waals surface area contributed by atoms with E-state index in [4.69, 9.17) is 21.6 Å². The van der Waals surface area contributed by atoms with Crippen LogP contribution in [-0.4, -0.2) is 19.5 Å². The molecule has 0 aliphatic carbocycles. The molecule has 0 saturated carbocycles. The molecule has 2 aromatic heterocycles. The fourth-order valence-corrected chi connectivity index (χ4v) is 2.43. The van der Waals surface area contributed by atoms with Crippen molar-refractivity contribution < 1.29 is 17.9 Å². The van der Waals surface area contributed by atoms with Crippen molar-refractivity contribution in [2.45, 2.75) is 12.8 Å². The Morgan fingerprint density at radius 1 is 1.22 bits per heavy atom. The van der Waals surface area contributed by atoms with Gasteiger partial charge in [0.1, 0.15) is 24.1 Å². The van der Waals surface area contributed by atoms with Gasteiger partial charge in [0, 0.05) is 18.8 Å². The predicted octanol–water partition coefficient (Wildman–Crippen LogP) is 4.00. The summed E-state index contributed by atoms with van der Waals surface area (Å²) in [5.41, 5.74) is 0.447. The van der Waals surface area contributed by atoms with Gasteiger partial charge in [-0.1, -0.05) is 24.3 Å². The monoisotopic (exact) mass is 393 g/mol. The number of hydrogen-bond donors (Lipinski definition) is 0. The molecule has 0 spiro atoms. The van der Waals surface area contributed by atoms with Crippen LogP contribution in [0.1, 0.15) is 16.8 Å². The Morgan fingerprint density at radius 2 is 1.93 bits per heavy atom. The first-order valence-corrected chi connectivity index (χ1v) is 7.91. The minimum absolute atomic E-state index is 0.0467. The Hall–Kier alpha value is -3.12. The molecule has 0 aliphatic rings. The molecule has 3 aromatic rings. The molecule has 6 nitrogen and oxygen atoms in total. The molecule has 1 aromatic carbocycles. The molecule has 0 atom stereocenters. The SMILES string of the molecule is Cn1cc(C(F)(F)F)nc1-c1ccc(COc2nc(Cl)ncc2C#N)cc1. The first-order valence-electron chi connectivity index (χ1n) is 7.53. The van der Waals surface area contributed by atoms with Gasteiger partial charge >= 0.3 is 6.18 Å². The molecular weight excluding hydrogens is 383 g/mol. The number of alkyl halides is 3. The fourth-order valence-electron chi connectivity index (χ4n) is 2.31. The predicted molar refractivity (Wildman–Crippen MR) is 89.7 cm³/mol. The van der Waals surface area contributed by atoms with Gasteiger partial charge in [0.15, 0.2) is 5.69 Å². The van der Waals surface area contributed by atoms with Crippen LogP contribution in [0, 0.1) is 11.3 Å². The Labute approximate surface area is 156 Å². The Balaban J connectivity index is 1.76. The van der Waals surface area contributed by atoms with Crippen molar-refractivity contribution in [1.29, 1.82) is 5.26 Å². The van der Waals surface area contributed by atoms with E-state index in [1.807, 2.05) is 6.07 Å². The van der Waals surface area contributed by atoms with Gasteiger partial charge in [0.25, 0.3) is 0 Å². The third kappa shape index (κ3) is 4.17. The molecule has 138 valence electrons. The number of nitriles is 1. The average molecular weight is 394 g/mol. The topological polar surface area (TPSA) is 76.6 Å². The maximum atomic E-state index is 12.8. The number of halogens is 4. The first-order chi connectivity index (χ1) is 12.8. The third-order valence-electron chi connectivity index (χ3n) is 3.60. The van der Waals surface area contributed by atoms with Crippen LogP contribution < -0.4 is 4.74 Å². The minimum Gasteiger partial charge on any atom is -0.472 e. The second-order valence-electron chi connectivity index (χ2n) is 5.51. The van der Waals surface area contributed by atoms with E-state index >= 15 is 0 Å². The Bertz CT molecular complexity index is 1010. The first kappa shape index (κ1) is 18.7. The van der Waals surface area contributed by atoms with Gasteiger partial charge in [0.05, 0.1) is 6.20 Å². The van der Waals surface area contributed by atoms with E-state index in [0.29, 0.717) is 5.56 Å². The third-order valence-corrected chi connectivity index (χ3v) is 3.78. The van der Waals surface area contributed by atoms with Gasteiger partial charge in [-0.15, -0.1) is 0 Å². The summed E-state index contributed by atoms with van der Waals surface area (Å²) in [6, 6.07) is 8.55. The molecule has 0 aliphatic heterocycles. The molecule has 0 radical (unpaired) electrons. The number of nitrogens with zero attached hydrogens (tertiary/aromatic N) is 5. The summed E-state index contributed by atoms with van der Waals surface area (Å²) in [5.74, 6) is 0.254. The fraction of sp³-hybridized carbons (Fsp3) is 0.176. The van der Waals surface area contributed by atoms with Crippen LogP contribution in [0.5, 0.6) is 5.88 Å². The van der Waals surface area contributed by atoms with Crippen molar-refractivity contribution in [2.24, 2.45) is 7.05 Å². The van der Waals surface area contributed by atoms with Crippen molar-refractivity contribution in [2.75, 3.05) is 0 Å². The number of imidazole rings is 1. The number of rotatable bonds is 4. The van der Waals surface area contributed by atoms with E-state index in [9.17, 15) is 13.2 Å². The Kier molecular flexibility index (Phi) is 5.01. The van der Waals surface area contributed by atoms with Gasteiger partial charge in [-0.25, -0.2) is 9.97 Å². The van der Waals surface area contributed by atoms with E-state index in [2.05, 4.69) is 15.0 Å². The van der Waals surface area contributed by atoms with E-state index in [1.54, 1.807) is 24.3 Å². The molecule has 0 saturated heterocycles. The zero-order chi connectivity index (χ0) is 19.6. The molecule has 0 N–H and O–H groups in total.